The van der Waals surface area contributed by atoms with Crippen molar-refractivity contribution in [2.24, 2.45) is 10.9 Å². The molecule has 0 radical (unpaired) electrons. The molecule has 1 atom stereocenters. The lowest BCUT2D eigenvalue weighted by Gasteiger charge is -2.24. The highest BCUT2D eigenvalue weighted by molar-refractivity contribution is 14.0. The molecule has 0 amide bonds. The van der Waals surface area contributed by atoms with Gasteiger partial charge in [-0.15, -0.1) is 24.0 Å². The van der Waals surface area contributed by atoms with E-state index in [4.69, 9.17) is 0 Å². The molecule has 3 rings (SSSR count). The van der Waals surface area contributed by atoms with E-state index in [0.717, 1.165) is 44.1 Å². The average Bonchev–Trinajstić information content (AvgIpc) is 3.40. The highest BCUT2D eigenvalue weighted by Gasteiger charge is 2.34. The van der Waals surface area contributed by atoms with E-state index in [0.29, 0.717) is 0 Å². The number of halogens is 1. The number of likely N-dealkylation sites (tertiary alicyclic amines) is 1. The molecule has 2 aliphatic rings. The first kappa shape index (κ1) is 22.3. The molecule has 1 aliphatic carbocycles. The highest BCUT2D eigenvalue weighted by Crippen LogP contribution is 2.31. The van der Waals surface area contributed by atoms with Gasteiger partial charge in [0.1, 0.15) is 0 Å². The number of aryl methyl sites for hydroxylation is 1. The maximum absolute atomic E-state index is 4.39. The van der Waals surface area contributed by atoms with Gasteiger partial charge in [-0.05, 0) is 63.3 Å². The Labute approximate surface area is 182 Å². The van der Waals surface area contributed by atoms with Gasteiger partial charge in [0.2, 0.25) is 0 Å². The van der Waals surface area contributed by atoms with Crippen molar-refractivity contribution in [3.63, 3.8) is 0 Å². The van der Waals surface area contributed by atoms with Crippen LogP contribution in [0.2, 0.25) is 0 Å². The second-order valence-corrected chi connectivity index (χ2v) is 7.68. The highest BCUT2D eigenvalue weighted by atomic mass is 127. The molecule has 152 valence electrons. The van der Waals surface area contributed by atoms with Crippen molar-refractivity contribution < 1.29 is 0 Å². The quantitative estimate of drug-likeness (QED) is 0.338. The molecule has 1 aromatic carbocycles. The van der Waals surface area contributed by atoms with Crippen LogP contribution in [-0.2, 0) is 0 Å². The third kappa shape index (κ3) is 6.82. The van der Waals surface area contributed by atoms with Gasteiger partial charge in [-0.1, -0.05) is 12.1 Å². The molecule has 0 bridgehead atoms. The fraction of sp³-hybridized carbons (Fsp3) is 0.667. The van der Waals surface area contributed by atoms with Crippen molar-refractivity contribution in [2.75, 3.05) is 51.2 Å². The zero-order chi connectivity index (χ0) is 18.4. The topological polar surface area (TPSA) is 42.9 Å². The van der Waals surface area contributed by atoms with Crippen LogP contribution in [0, 0.1) is 12.8 Å². The Hall–Kier alpha value is -1.02. The molecule has 1 saturated carbocycles. The minimum atomic E-state index is 0. The lowest BCUT2D eigenvalue weighted by atomic mass is 10.1. The summed E-state index contributed by atoms with van der Waals surface area (Å²) in [5.74, 6) is 1.68. The van der Waals surface area contributed by atoms with Crippen LogP contribution in [0.5, 0.6) is 0 Å². The van der Waals surface area contributed by atoms with Crippen LogP contribution < -0.4 is 15.5 Å². The summed E-state index contributed by atoms with van der Waals surface area (Å²) in [4.78, 5) is 9.46. The lowest BCUT2D eigenvalue weighted by molar-refractivity contribution is 0.314. The molecule has 27 heavy (non-hydrogen) atoms. The maximum Gasteiger partial charge on any atom is 0.191 e. The Bertz CT molecular complexity index is 602. The fourth-order valence-electron chi connectivity index (χ4n) is 3.87. The van der Waals surface area contributed by atoms with Crippen molar-refractivity contribution in [3.8, 4) is 0 Å². The van der Waals surface area contributed by atoms with Crippen LogP contribution in [-0.4, -0.2) is 63.2 Å². The molecule has 1 unspecified atom stereocenters. The molecule has 5 nitrogen and oxygen atoms in total. The van der Waals surface area contributed by atoms with Gasteiger partial charge in [0, 0.05) is 51.5 Å². The minimum absolute atomic E-state index is 0. The summed E-state index contributed by atoms with van der Waals surface area (Å²) in [6, 6.07) is 9.62. The molecule has 1 saturated heterocycles. The van der Waals surface area contributed by atoms with Gasteiger partial charge in [0.25, 0.3) is 0 Å². The summed E-state index contributed by atoms with van der Waals surface area (Å²) >= 11 is 0. The van der Waals surface area contributed by atoms with Gasteiger partial charge in [-0.3, -0.25) is 4.99 Å². The third-order valence-electron chi connectivity index (χ3n) is 5.59. The molecule has 6 heteroatoms. The van der Waals surface area contributed by atoms with Crippen LogP contribution in [0.1, 0.15) is 31.7 Å². The number of hydrogen-bond acceptors (Lipinski definition) is 3. The number of anilines is 1. The number of rotatable bonds is 8. The number of benzene rings is 1. The molecule has 1 aromatic rings. The summed E-state index contributed by atoms with van der Waals surface area (Å²) in [5, 5.41) is 7.00. The first-order valence-corrected chi connectivity index (χ1v) is 10.2. The maximum atomic E-state index is 4.39. The Balaban J connectivity index is 0.00000261. The third-order valence-corrected chi connectivity index (χ3v) is 5.59. The molecular formula is C21H36IN5. The minimum Gasteiger partial charge on any atom is -0.370 e. The standard InChI is InChI=1S/C21H35N5.HI/c1-4-25(20-7-5-6-17(2)14-20)13-11-23-21(22-3)24-15-18-10-12-26(16-18)19-8-9-19;/h5-7,14,18-19H,4,8-13,15-16H2,1-3H3,(H2,22,23,24);1H. The van der Waals surface area contributed by atoms with E-state index in [1.165, 1.54) is 43.6 Å². The average molecular weight is 485 g/mol. The Kier molecular flexibility index (Phi) is 9.15. The molecule has 2 fully saturated rings. The van der Waals surface area contributed by atoms with Crippen molar-refractivity contribution in [2.45, 2.75) is 39.2 Å². The van der Waals surface area contributed by atoms with Crippen molar-refractivity contribution >= 4 is 35.6 Å². The Morgan fingerprint density at radius 1 is 1.26 bits per heavy atom. The zero-order valence-electron chi connectivity index (χ0n) is 17.1. The summed E-state index contributed by atoms with van der Waals surface area (Å²) in [7, 11) is 1.86. The number of nitrogens with zero attached hydrogens (tertiary/aromatic N) is 3. The van der Waals surface area contributed by atoms with E-state index in [-0.39, 0.29) is 24.0 Å². The van der Waals surface area contributed by atoms with Crippen molar-refractivity contribution in [1.29, 1.82) is 0 Å². The smallest absolute Gasteiger partial charge is 0.191 e. The molecule has 1 heterocycles. The molecule has 0 spiro atoms. The van der Waals surface area contributed by atoms with Crippen LogP contribution in [0.3, 0.4) is 0 Å². The molecule has 2 N–H and O–H groups in total. The molecule has 1 aliphatic heterocycles. The van der Waals surface area contributed by atoms with Gasteiger partial charge in [-0.25, -0.2) is 0 Å². The number of guanidine groups is 1. The SMILES string of the molecule is CCN(CCNC(=NC)NCC1CCN(C2CC2)C1)c1cccc(C)c1.I. The number of nitrogens with one attached hydrogen (secondary N) is 2. The monoisotopic (exact) mass is 485 g/mol. The first-order chi connectivity index (χ1) is 12.7. The second kappa shape index (κ2) is 11.1. The van der Waals surface area contributed by atoms with E-state index >= 15 is 0 Å². The normalized spacial score (nSPS) is 20.3. The molecular weight excluding hydrogens is 449 g/mol. The fourth-order valence-corrected chi connectivity index (χ4v) is 3.87. The summed E-state index contributed by atoms with van der Waals surface area (Å²) in [5.41, 5.74) is 2.60. The number of likely N-dealkylation sites (N-methyl/N-ethyl adjacent to an activating group) is 1. The van der Waals surface area contributed by atoms with E-state index in [1.54, 1.807) is 0 Å². The number of aliphatic imine (C=N–C) groups is 1. The summed E-state index contributed by atoms with van der Waals surface area (Å²) in [6.07, 6.45) is 4.15. The number of hydrogen-bond donors (Lipinski definition) is 2. The lowest BCUT2D eigenvalue weighted by Crippen LogP contribution is -2.43. The van der Waals surface area contributed by atoms with E-state index in [9.17, 15) is 0 Å². The van der Waals surface area contributed by atoms with Crippen molar-refractivity contribution in [3.05, 3.63) is 29.8 Å². The van der Waals surface area contributed by atoms with Crippen molar-refractivity contribution in [1.82, 2.24) is 15.5 Å². The van der Waals surface area contributed by atoms with E-state index in [1.807, 2.05) is 7.05 Å². The van der Waals surface area contributed by atoms with Crippen LogP contribution >= 0.6 is 24.0 Å². The van der Waals surface area contributed by atoms with Crippen LogP contribution in [0.15, 0.2) is 29.3 Å². The summed E-state index contributed by atoms with van der Waals surface area (Å²) < 4.78 is 0. The Morgan fingerprint density at radius 2 is 2.07 bits per heavy atom. The first-order valence-electron chi connectivity index (χ1n) is 10.2. The van der Waals surface area contributed by atoms with E-state index < -0.39 is 0 Å². The molecule has 0 aromatic heterocycles. The predicted octanol–water partition coefficient (Wildman–Crippen LogP) is 3.09. The van der Waals surface area contributed by atoms with E-state index in [2.05, 4.69) is 63.5 Å². The Morgan fingerprint density at radius 3 is 2.74 bits per heavy atom. The van der Waals surface area contributed by atoms with Gasteiger partial charge in [0.15, 0.2) is 5.96 Å². The second-order valence-electron chi connectivity index (χ2n) is 7.68. The summed E-state index contributed by atoms with van der Waals surface area (Å²) in [6.45, 7) is 10.8. The largest absolute Gasteiger partial charge is 0.370 e. The van der Waals surface area contributed by atoms with Gasteiger partial charge in [0.05, 0.1) is 0 Å². The van der Waals surface area contributed by atoms with Gasteiger partial charge in [-0.2, -0.15) is 0 Å². The van der Waals surface area contributed by atoms with Crippen LogP contribution in [0.25, 0.3) is 0 Å². The zero-order valence-corrected chi connectivity index (χ0v) is 19.4. The van der Waals surface area contributed by atoms with Gasteiger partial charge < -0.3 is 20.4 Å². The van der Waals surface area contributed by atoms with Crippen LogP contribution in [0.4, 0.5) is 5.69 Å². The van der Waals surface area contributed by atoms with Gasteiger partial charge >= 0.3 is 0 Å². The predicted molar refractivity (Wildman–Crippen MR) is 127 cm³/mol.